The molecule has 2 aliphatic rings. The van der Waals surface area contributed by atoms with Crippen LogP contribution in [0.3, 0.4) is 0 Å². The molecule has 0 aliphatic carbocycles. The van der Waals surface area contributed by atoms with Crippen molar-refractivity contribution in [3.63, 3.8) is 0 Å². The summed E-state index contributed by atoms with van der Waals surface area (Å²) < 4.78 is 31.6. The third-order valence-corrected chi connectivity index (χ3v) is 15.8. The molecule has 25 nitrogen and oxygen atoms in total. The van der Waals surface area contributed by atoms with E-state index in [2.05, 4.69) is 108 Å². The molecule has 12 rings (SSSR count). The highest BCUT2D eigenvalue weighted by Crippen LogP contribution is 2.34. The molecule has 4 N–H and O–H groups in total. The Morgan fingerprint density at radius 2 is 1.07 bits per heavy atom. The van der Waals surface area contributed by atoms with Gasteiger partial charge in [0.25, 0.3) is 0 Å². The minimum Gasteiger partial charge on any atom is -0.480 e. The Labute approximate surface area is 566 Å². The van der Waals surface area contributed by atoms with Crippen molar-refractivity contribution >= 4 is 113 Å². The monoisotopic (exact) mass is 1440 g/mol. The number of carboxylic acid groups (broad SMARTS) is 1. The number of carbonyl (C=O) groups excluding carboxylic acids is 5. The molecule has 2 aliphatic heterocycles. The molecule has 2 fully saturated rings. The number of aliphatic carboxylic acids is 1. The molecule has 0 unspecified atom stereocenters. The molecule has 95 heavy (non-hydrogen) atoms. The lowest BCUT2D eigenvalue weighted by Gasteiger charge is -2.23. The van der Waals surface area contributed by atoms with Crippen LogP contribution in [-0.2, 0) is 45.1 Å². The second kappa shape index (κ2) is 31.5. The molecule has 10 heterocycles. The van der Waals surface area contributed by atoms with Gasteiger partial charge in [-0.1, -0.05) is 19.6 Å². The Kier molecular flexibility index (Phi) is 23.6. The second-order valence-corrected chi connectivity index (χ2v) is 23.8. The summed E-state index contributed by atoms with van der Waals surface area (Å²) in [6.07, 6.45) is 12.2. The Hall–Kier alpha value is -9.71. The minimum absolute atomic E-state index is 0. The lowest BCUT2D eigenvalue weighted by Crippen LogP contribution is -2.44. The number of halogens is 5. The van der Waals surface area contributed by atoms with Gasteiger partial charge in [0, 0.05) is 118 Å². The van der Waals surface area contributed by atoms with E-state index in [0.717, 1.165) is 38.9 Å². The van der Waals surface area contributed by atoms with Gasteiger partial charge in [0.15, 0.2) is 11.6 Å². The smallest absolute Gasteiger partial charge is 0.325 e. The Bertz CT molecular complexity index is 4470. The van der Waals surface area contributed by atoms with Crippen LogP contribution in [0.25, 0.3) is 44.1 Å². The van der Waals surface area contributed by atoms with Crippen molar-refractivity contribution in [1.82, 2.24) is 79.6 Å². The molecular formula is C65H65Br2ClF2N18O7. The number of likely N-dealkylation sites (tertiary alicyclic amines) is 1. The van der Waals surface area contributed by atoms with Gasteiger partial charge < -0.3 is 26.0 Å². The number of carboxylic acids is 1. The van der Waals surface area contributed by atoms with E-state index < -0.39 is 42.2 Å². The van der Waals surface area contributed by atoms with E-state index in [1.807, 2.05) is 31.2 Å². The number of anilines is 2. The van der Waals surface area contributed by atoms with Gasteiger partial charge in [-0.15, -0.1) is 12.4 Å². The van der Waals surface area contributed by atoms with Crippen LogP contribution >= 0.6 is 44.3 Å². The van der Waals surface area contributed by atoms with E-state index in [0.29, 0.717) is 72.1 Å². The number of aryl methyl sites for hydroxylation is 4. The Morgan fingerprint density at radius 3 is 1.54 bits per heavy atom. The van der Waals surface area contributed by atoms with Gasteiger partial charge in [-0.3, -0.25) is 38.1 Å². The zero-order valence-electron chi connectivity index (χ0n) is 51.4. The summed E-state index contributed by atoms with van der Waals surface area (Å²) in [5, 5.41) is 27.5. The molecule has 492 valence electrons. The highest BCUT2D eigenvalue weighted by Gasteiger charge is 2.40. The highest BCUT2D eigenvalue weighted by atomic mass is 79.9. The molecule has 4 atom stereocenters. The van der Waals surface area contributed by atoms with Crippen molar-refractivity contribution in [2.45, 2.75) is 112 Å². The van der Waals surface area contributed by atoms with Crippen LogP contribution in [0.4, 0.5) is 20.4 Å². The van der Waals surface area contributed by atoms with Crippen molar-refractivity contribution in [3.8, 4) is 22.3 Å². The average Bonchev–Trinajstić information content (AvgIpc) is 1.62. The number of nitrogens with one attached hydrogen (secondary N) is 3. The maximum Gasteiger partial charge on any atom is 0.325 e. The Morgan fingerprint density at radius 1 is 0.600 bits per heavy atom. The largest absolute Gasteiger partial charge is 0.480 e. The van der Waals surface area contributed by atoms with E-state index in [1.54, 1.807) is 107 Å². The number of aromatic nitrogens is 14. The van der Waals surface area contributed by atoms with Crippen molar-refractivity contribution in [1.29, 1.82) is 0 Å². The quantitative estimate of drug-likeness (QED) is 0.0516. The predicted molar refractivity (Wildman–Crippen MR) is 359 cm³/mol. The van der Waals surface area contributed by atoms with E-state index in [4.69, 9.17) is 0 Å². The summed E-state index contributed by atoms with van der Waals surface area (Å²) in [6, 6.07) is 16.2. The van der Waals surface area contributed by atoms with Gasteiger partial charge in [-0.05, 0) is 141 Å². The number of fused-ring (bicyclic) bond motifs is 2. The summed E-state index contributed by atoms with van der Waals surface area (Å²) in [6.45, 7) is 9.43. The van der Waals surface area contributed by atoms with Gasteiger partial charge in [0.1, 0.15) is 87.0 Å². The second-order valence-electron chi connectivity index (χ2n) is 22.1. The number of Topliss-reactive ketones (excluding diaryl/α,β-unsaturated/α-hetero) is 2. The first-order valence-electron chi connectivity index (χ1n) is 29.1. The van der Waals surface area contributed by atoms with Gasteiger partial charge in [0.2, 0.25) is 17.7 Å². The van der Waals surface area contributed by atoms with Crippen LogP contribution in [0.1, 0.15) is 101 Å². The number of hydrogen-bond donors (Lipinski definition) is 4. The summed E-state index contributed by atoms with van der Waals surface area (Å²) in [7, 11) is 0. The van der Waals surface area contributed by atoms with Gasteiger partial charge in [-0.25, -0.2) is 58.6 Å². The van der Waals surface area contributed by atoms with Gasteiger partial charge in [-0.2, -0.15) is 10.2 Å². The SMILES string of the molecule is C.CC(=O)c1nn(CC(=O)N2C[C@H](F)C[C@H]2C(=O)Nc2cccc(Br)n2)c2c(Cc3ncc(C)cn3)cc(-c3cnc(C)nc3)cc12.CC(=O)c1nn(CC(=O)O)c2c(Cc3cnc(C)nc3)cc(-c3cnc(C)nc3)cc12.Cl.O=C(Nc1cccc(Br)n1)[C@@H]1C[C@@H](F)CN1. The van der Waals surface area contributed by atoms with Gasteiger partial charge in [0.05, 0.1) is 23.6 Å². The first-order valence-corrected chi connectivity index (χ1v) is 30.7. The summed E-state index contributed by atoms with van der Waals surface area (Å²) in [5.41, 5.74) is 7.90. The molecule has 2 aromatic carbocycles. The summed E-state index contributed by atoms with van der Waals surface area (Å²) in [5.74, 6) is 0.314. The third-order valence-electron chi connectivity index (χ3n) is 14.9. The van der Waals surface area contributed by atoms with E-state index in [9.17, 15) is 42.7 Å². The first kappa shape index (κ1) is 71.1. The van der Waals surface area contributed by atoms with Crippen LogP contribution in [0.2, 0.25) is 0 Å². The fraction of sp³-hybridized carbons (Fsp3) is 0.292. The number of alkyl halides is 2. The maximum atomic E-state index is 14.7. The standard InChI is InChI=1S/C32H29BrFN9O3.C22H20N6O3.C10H11BrFN3O.CH4.ClH/c1-17-11-37-28(38-12-17)9-21-7-20(22-13-35-19(3)36-14-22)8-24-30(18(2)44)41-43(31(21)24)16-29(45)42-15-23(34)10-25(42)32(46)40-27-6-4-5-26(33)39-27;1-12(29)21-19-6-16(18-9-25-14(3)26-10-18)5-17(4-15-7-23-13(2)24-8-15)22(19)28(27-21)11-20(30)31;11-8-2-1-3-9(14-8)15-10(16)7-4-6(12)5-13-7;;/h4-8,11-14,23,25H,9-10,15-16H2,1-3H3,(H,39,40,46);5-10H,4,11H2,1-3H3,(H,30,31);1-3,6-7,13H,4-5H2,(H,14,15,16);1H4;1H/t23-,25+;;6-,7+;;/m1.1../s1. The average molecular weight is 1440 g/mol. The fourth-order valence-corrected chi connectivity index (χ4v) is 11.3. The first-order chi connectivity index (χ1) is 44.5. The normalized spacial score (nSPS) is 15.5. The van der Waals surface area contributed by atoms with Crippen LogP contribution in [0, 0.1) is 27.7 Å². The maximum absolute atomic E-state index is 14.7. The predicted octanol–water partition coefficient (Wildman–Crippen LogP) is 9.75. The number of rotatable bonds is 16. The van der Waals surface area contributed by atoms with E-state index >= 15 is 0 Å². The van der Waals surface area contributed by atoms with Crippen LogP contribution < -0.4 is 16.0 Å². The molecular weight excluding hydrogens is 1380 g/mol. The van der Waals surface area contributed by atoms with Crippen molar-refractivity contribution in [2.24, 2.45) is 0 Å². The number of ketones is 2. The third kappa shape index (κ3) is 17.8. The molecule has 8 aromatic heterocycles. The lowest BCUT2D eigenvalue weighted by atomic mass is 9.97. The van der Waals surface area contributed by atoms with Crippen molar-refractivity contribution < 1.29 is 42.7 Å². The summed E-state index contributed by atoms with van der Waals surface area (Å²) in [4.78, 5) is 119. The van der Waals surface area contributed by atoms with Crippen LogP contribution in [-0.4, -0.2) is 152 Å². The molecule has 0 saturated carbocycles. The number of carbonyl (C=O) groups is 6. The van der Waals surface area contributed by atoms with Crippen molar-refractivity contribution in [2.75, 3.05) is 23.7 Å². The zero-order valence-corrected chi connectivity index (χ0v) is 55.4. The van der Waals surface area contributed by atoms with E-state index in [1.165, 1.54) is 28.1 Å². The molecule has 0 bridgehead atoms. The number of benzene rings is 2. The number of amides is 3. The number of pyridine rings is 2. The fourth-order valence-electron chi connectivity index (χ4n) is 10.6. The number of hydrogen-bond acceptors (Lipinski definition) is 19. The molecule has 3 amide bonds. The topological polar surface area (TPSA) is 327 Å². The zero-order chi connectivity index (χ0) is 66.2. The van der Waals surface area contributed by atoms with E-state index in [-0.39, 0.29) is 100.0 Å². The van der Waals surface area contributed by atoms with Gasteiger partial charge >= 0.3 is 5.97 Å². The minimum atomic E-state index is -1.38. The number of nitrogens with zero attached hydrogens (tertiary/aromatic N) is 15. The molecule has 10 aromatic rings. The van der Waals surface area contributed by atoms with Crippen LogP contribution in [0.15, 0.2) is 119 Å². The van der Waals surface area contributed by atoms with Crippen molar-refractivity contribution in [3.05, 3.63) is 176 Å². The Balaban J connectivity index is 0.000000203. The molecule has 2 saturated heterocycles. The van der Waals surface area contributed by atoms with Crippen LogP contribution in [0.5, 0.6) is 0 Å². The molecule has 0 spiro atoms. The highest BCUT2D eigenvalue weighted by molar-refractivity contribution is 9.10. The molecule has 0 radical (unpaired) electrons. The summed E-state index contributed by atoms with van der Waals surface area (Å²) >= 11 is 6.47. The molecule has 30 heteroatoms. The lowest BCUT2D eigenvalue weighted by molar-refractivity contribution is -0.138.